The molecule has 0 radical (unpaired) electrons. The Balaban J connectivity index is 1.43. The predicted octanol–water partition coefficient (Wildman–Crippen LogP) is 4.07. The summed E-state index contributed by atoms with van der Waals surface area (Å²) in [6.45, 7) is -0.390. The van der Waals surface area contributed by atoms with E-state index < -0.39 is 22.6 Å². The summed E-state index contributed by atoms with van der Waals surface area (Å²) in [5.41, 5.74) is 0.957. The Kier molecular flexibility index (Phi) is 5.57. The van der Waals surface area contributed by atoms with Gasteiger partial charge in [-0.05, 0) is 36.4 Å². The third kappa shape index (κ3) is 4.01. The van der Waals surface area contributed by atoms with Crippen LogP contribution in [0.15, 0.2) is 66.7 Å². The number of carbonyl (C=O) groups excluding carboxylic acids is 3. The number of benzene rings is 3. The number of nitrogens with zero attached hydrogens (tertiary/aromatic N) is 2. The molecular weight excluding hydrogens is 438 g/mol. The lowest BCUT2D eigenvalue weighted by atomic mass is 10.1. The number of halogens is 1. The zero-order valence-electron chi connectivity index (χ0n) is 16.3. The molecule has 0 aromatic heterocycles. The fourth-order valence-corrected chi connectivity index (χ4v) is 3.47. The molecule has 1 heterocycles. The topological polar surface area (TPSA) is 119 Å². The van der Waals surface area contributed by atoms with Crippen LogP contribution in [0.4, 0.5) is 17.1 Å². The number of nitrogens with one attached hydrogen (secondary N) is 1. The Morgan fingerprint density at radius 2 is 1.69 bits per heavy atom. The summed E-state index contributed by atoms with van der Waals surface area (Å²) in [6, 6.07) is 16.3. The van der Waals surface area contributed by atoms with Gasteiger partial charge in [-0.3, -0.25) is 24.5 Å². The van der Waals surface area contributed by atoms with Gasteiger partial charge < -0.3 is 10.1 Å². The summed E-state index contributed by atoms with van der Waals surface area (Å²) in [5, 5.41) is 13.5. The van der Waals surface area contributed by atoms with Crippen LogP contribution < -0.4 is 15.0 Å². The molecule has 0 spiro atoms. The van der Waals surface area contributed by atoms with Crippen molar-refractivity contribution in [3.05, 3.63) is 93.0 Å². The number of carbonyl (C=O) groups is 3. The minimum Gasteiger partial charge on any atom is -0.484 e. The molecule has 3 aromatic rings. The number of ether oxygens (including phenoxy) is 1. The zero-order valence-corrected chi connectivity index (χ0v) is 17.0. The summed E-state index contributed by atoms with van der Waals surface area (Å²) >= 11 is 6.29. The molecule has 1 aliphatic heterocycles. The molecule has 10 heteroatoms. The Hall–Kier alpha value is -4.24. The molecule has 3 amide bonds. The van der Waals surface area contributed by atoms with E-state index in [2.05, 4.69) is 5.32 Å². The second-order valence-electron chi connectivity index (χ2n) is 6.75. The highest BCUT2D eigenvalue weighted by molar-refractivity contribution is 6.40. The molecule has 0 bridgehead atoms. The summed E-state index contributed by atoms with van der Waals surface area (Å²) in [6.07, 6.45) is 0. The molecular formula is C22H14ClN3O6. The lowest BCUT2D eigenvalue weighted by molar-refractivity contribution is -0.384. The van der Waals surface area contributed by atoms with Gasteiger partial charge in [-0.1, -0.05) is 29.8 Å². The number of rotatable bonds is 6. The van der Waals surface area contributed by atoms with Crippen LogP contribution in [-0.4, -0.2) is 29.3 Å². The van der Waals surface area contributed by atoms with Crippen molar-refractivity contribution in [2.24, 2.45) is 0 Å². The van der Waals surface area contributed by atoms with Crippen molar-refractivity contribution < 1.29 is 24.0 Å². The van der Waals surface area contributed by atoms with Crippen molar-refractivity contribution in [1.29, 1.82) is 0 Å². The van der Waals surface area contributed by atoms with E-state index in [9.17, 15) is 24.5 Å². The van der Waals surface area contributed by atoms with Gasteiger partial charge in [0.1, 0.15) is 5.75 Å². The average Bonchev–Trinajstić information content (AvgIpc) is 3.03. The molecule has 1 N–H and O–H groups in total. The number of amides is 3. The minimum atomic E-state index is -0.565. The monoisotopic (exact) mass is 451 g/mol. The van der Waals surface area contributed by atoms with E-state index in [4.69, 9.17) is 16.3 Å². The third-order valence-corrected chi connectivity index (χ3v) is 4.97. The Morgan fingerprint density at radius 1 is 1.00 bits per heavy atom. The summed E-state index contributed by atoms with van der Waals surface area (Å²) in [7, 11) is 0. The second kappa shape index (κ2) is 8.48. The normalized spacial score (nSPS) is 12.5. The van der Waals surface area contributed by atoms with Gasteiger partial charge >= 0.3 is 0 Å². The first-order valence-electron chi connectivity index (χ1n) is 9.29. The Morgan fingerprint density at radius 3 is 2.31 bits per heavy atom. The number of anilines is 2. The predicted molar refractivity (Wildman–Crippen MR) is 116 cm³/mol. The van der Waals surface area contributed by atoms with Crippen LogP contribution in [0, 0.1) is 10.1 Å². The first kappa shape index (κ1) is 21.0. The second-order valence-corrected chi connectivity index (χ2v) is 7.16. The van der Waals surface area contributed by atoms with Gasteiger partial charge in [-0.2, -0.15) is 0 Å². The summed E-state index contributed by atoms with van der Waals surface area (Å²) in [4.78, 5) is 48.7. The molecule has 1 aliphatic rings. The summed E-state index contributed by atoms with van der Waals surface area (Å²) in [5.74, 6) is -1.31. The highest BCUT2D eigenvalue weighted by atomic mass is 35.5. The number of nitro benzene ring substituents is 1. The molecule has 3 aromatic carbocycles. The maximum atomic E-state index is 12.6. The molecule has 0 saturated heterocycles. The zero-order chi connectivity index (χ0) is 22.8. The average molecular weight is 452 g/mol. The smallest absolute Gasteiger partial charge is 0.273 e. The standard InChI is InChI=1S/C22H14ClN3O6/c23-18-10-13(24-20(27)12-32-15-5-3-4-14(11-15)26(30)31)8-9-19(18)25-21(28)16-6-1-2-7-17(16)22(25)29/h1-11H,12H2,(H,24,27). The lowest BCUT2D eigenvalue weighted by Crippen LogP contribution is -2.29. The van der Waals surface area contributed by atoms with Crippen LogP contribution in [-0.2, 0) is 4.79 Å². The van der Waals surface area contributed by atoms with Gasteiger partial charge in [0.15, 0.2) is 6.61 Å². The largest absolute Gasteiger partial charge is 0.484 e. The minimum absolute atomic E-state index is 0.0944. The number of fused-ring (bicyclic) bond motifs is 1. The first-order chi connectivity index (χ1) is 15.3. The molecule has 0 atom stereocenters. The summed E-state index contributed by atoms with van der Waals surface area (Å²) < 4.78 is 5.28. The lowest BCUT2D eigenvalue weighted by Gasteiger charge is -2.16. The van der Waals surface area contributed by atoms with Crippen LogP contribution >= 0.6 is 11.6 Å². The van der Waals surface area contributed by atoms with Crippen molar-refractivity contribution in [2.75, 3.05) is 16.8 Å². The number of hydrogen-bond acceptors (Lipinski definition) is 6. The van der Waals surface area contributed by atoms with Crippen LogP contribution in [0.5, 0.6) is 5.75 Å². The third-order valence-electron chi connectivity index (χ3n) is 4.66. The van der Waals surface area contributed by atoms with E-state index in [0.717, 1.165) is 4.90 Å². The Labute approximate surface area is 186 Å². The van der Waals surface area contributed by atoms with Crippen molar-refractivity contribution in [1.82, 2.24) is 0 Å². The molecule has 4 rings (SSSR count). The molecule has 32 heavy (non-hydrogen) atoms. The molecule has 0 unspecified atom stereocenters. The van der Waals surface area contributed by atoms with Crippen LogP contribution in [0.3, 0.4) is 0 Å². The van der Waals surface area contributed by atoms with E-state index in [-0.39, 0.29) is 28.8 Å². The van der Waals surface area contributed by atoms with Crippen molar-refractivity contribution >= 4 is 46.4 Å². The maximum Gasteiger partial charge on any atom is 0.273 e. The van der Waals surface area contributed by atoms with Crippen LogP contribution in [0.2, 0.25) is 5.02 Å². The first-order valence-corrected chi connectivity index (χ1v) is 9.67. The van der Waals surface area contributed by atoms with E-state index in [1.807, 2.05) is 0 Å². The Bertz CT molecular complexity index is 1240. The van der Waals surface area contributed by atoms with E-state index >= 15 is 0 Å². The molecule has 9 nitrogen and oxygen atoms in total. The van der Waals surface area contributed by atoms with Gasteiger partial charge in [0.2, 0.25) is 0 Å². The molecule has 0 aliphatic carbocycles. The van der Waals surface area contributed by atoms with Crippen molar-refractivity contribution in [2.45, 2.75) is 0 Å². The number of non-ortho nitro benzene ring substituents is 1. The SMILES string of the molecule is O=C(COc1cccc([N+](=O)[O-])c1)Nc1ccc(N2C(=O)c3ccccc3C2=O)c(Cl)c1. The van der Waals surface area contributed by atoms with Gasteiger partial charge in [-0.15, -0.1) is 0 Å². The van der Waals surface area contributed by atoms with Crippen molar-refractivity contribution in [3.8, 4) is 5.75 Å². The van der Waals surface area contributed by atoms with E-state index in [1.165, 1.54) is 42.5 Å². The number of hydrogen-bond donors (Lipinski definition) is 1. The highest BCUT2D eigenvalue weighted by Crippen LogP contribution is 2.34. The van der Waals surface area contributed by atoms with Crippen molar-refractivity contribution in [3.63, 3.8) is 0 Å². The number of nitro groups is 1. The fraction of sp³-hybridized carbons (Fsp3) is 0.0455. The van der Waals surface area contributed by atoms with Gasteiger partial charge in [-0.25, -0.2) is 4.90 Å². The highest BCUT2D eigenvalue weighted by Gasteiger charge is 2.37. The quantitative estimate of drug-likeness (QED) is 0.343. The molecule has 0 fully saturated rings. The van der Waals surface area contributed by atoms with Crippen LogP contribution in [0.1, 0.15) is 20.7 Å². The van der Waals surface area contributed by atoms with Crippen LogP contribution in [0.25, 0.3) is 0 Å². The molecule has 160 valence electrons. The fourth-order valence-electron chi connectivity index (χ4n) is 3.21. The number of imide groups is 1. The van der Waals surface area contributed by atoms with Gasteiger partial charge in [0.05, 0.1) is 32.8 Å². The van der Waals surface area contributed by atoms with E-state index in [1.54, 1.807) is 24.3 Å². The van der Waals surface area contributed by atoms with Gasteiger partial charge in [0, 0.05) is 11.8 Å². The van der Waals surface area contributed by atoms with E-state index in [0.29, 0.717) is 16.8 Å². The maximum absolute atomic E-state index is 12.6. The molecule has 0 saturated carbocycles. The van der Waals surface area contributed by atoms with Gasteiger partial charge in [0.25, 0.3) is 23.4 Å².